The summed E-state index contributed by atoms with van der Waals surface area (Å²) in [6.07, 6.45) is 10.7. The number of carboxylic acids is 2. The number of fused-ring (bicyclic) bond motifs is 12. The van der Waals surface area contributed by atoms with Crippen LogP contribution >= 0.6 is 113 Å². The van der Waals surface area contributed by atoms with Gasteiger partial charge in [-0.1, -0.05) is 135 Å². The summed E-state index contributed by atoms with van der Waals surface area (Å²) in [5, 5.41) is 51.1. The Kier molecular flexibility index (Phi) is 37.9. The Morgan fingerprint density at radius 1 is 0.492 bits per heavy atom. The number of anilines is 1. The number of ether oxygens (including phenoxy) is 1. The van der Waals surface area contributed by atoms with Crippen LogP contribution in [0.1, 0.15) is 129 Å². The van der Waals surface area contributed by atoms with Crippen LogP contribution in [0, 0.1) is 0 Å². The predicted octanol–water partition coefficient (Wildman–Crippen LogP) is 20.1. The minimum atomic E-state index is -1.67. The van der Waals surface area contributed by atoms with E-state index < -0.39 is 38.8 Å². The molecule has 7 aromatic heterocycles. The van der Waals surface area contributed by atoms with E-state index in [0.29, 0.717) is 48.7 Å². The number of rotatable bonds is 16. The van der Waals surface area contributed by atoms with E-state index in [-0.39, 0.29) is 95.3 Å². The van der Waals surface area contributed by atoms with Gasteiger partial charge in [0, 0.05) is 94.0 Å². The van der Waals surface area contributed by atoms with Gasteiger partial charge >= 0.3 is 47.5 Å². The molecule has 0 atom stereocenters. The number of Topliss-reactive ketones (excluding diaryl/α,β-unsaturated/α-hetero) is 4. The van der Waals surface area contributed by atoms with E-state index in [4.69, 9.17) is 37.5 Å². The van der Waals surface area contributed by atoms with Crippen LogP contribution in [0.15, 0.2) is 202 Å². The Balaban J connectivity index is 0.000000176. The molecule has 1 aliphatic heterocycles. The van der Waals surface area contributed by atoms with Crippen molar-refractivity contribution in [2.24, 2.45) is 0 Å². The van der Waals surface area contributed by atoms with Crippen LogP contribution in [0.25, 0.3) is 71.4 Å². The number of halogens is 4. The Hall–Kier alpha value is -8.77. The Morgan fingerprint density at radius 2 is 0.858 bits per heavy atom. The van der Waals surface area contributed by atoms with Crippen molar-refractivity contribution < 1.29 is 102 Å². The molecule has 0 spiro atoms. The third-order valence-electron chi connectivity index (χ3n) is 19.2. The van der Waals surface area contributed by atoms with Crippen LogP contribution in [-0.2, 0) is 112 Å². The summed E-state index contributed by atoms with van der Waals surface area (Å²) in [6, 6.07) is 55.8. The molecule has 0 saturated carbocycles. The molecule has 18 rings (SSSR count). The standard InChI is InChI=1S/C23H19NO3S.C13H12O3S.C12H11NO2.C11H9ClOS.C11H10OS.C10H7ClOS.C10H8O2S.CH4.Cl2OS.Na.H2O/c25-22-18(11-14-12-28-19-8-4-3-6-15(14)19)24-21-16-7-2-1-5-13(16)9-10-17(21)20(22)23(26)27;1-9(14)16-7-11(15)6-10-8-17-13-5-3-2-4-12(10)13;14-11-9-6-5-7-3-1-2-4-8(7)10(9)13-12(11)15;12-6-9(13)5-8-7-14-11-4-2-1-3-10(8)11;1-8(12)6-9-7-13-11-5-3-2-4-10(9)11;2*11-10(12)5-7-6-13-9-4-2-1-3-8(7)9;;1-4(2)3;;/h3-4,6,8-10,12,25H,1-2,5,7,11H2,(H,26,27);2-5,8H,6-7H2,1H3;5-6H,1-4H2,(H,13,14,15);1-4,7H,5-6H2;2-5,7H,6H2,1H3;1-4,6H,5H2;1-4,6H,5H2,(H,11,12);1H4;;;1H2/q;;;;;;;;;+1;/p-1. The van der Waals surface area contributed by atoms with Crippen molar-refractivity contribution in [2.75, 3.05) is 17.8 Å². The Labute approximate surface area is 760 Å². The van der Waals surface area contributed by atoms with E-state index >= 15 is 0 Å². The van der Waals surface area contributed by atoms with E-state index in [1.54, 1.807) is 87.1 Å². The summed E-state index contributed by atoms with van der Waals surface area (Å²) in [4.78, 5) is 105. The number of carbonyl (C=O) groups is 9. The SMILES string of the molecule is C.CC(=O)Cc1csc2ccccc12.CC(=O)OCC(=O)Cc1csc2ccccc12.O=C(CCl)Cc1csc2ccccc12.O=C(Cl)Cc1csc2ccccc12.O=C(O)Cc1csc2ccccc12.O=C(O)c1c(O)c(Cc2csc3ccccc23)nc2c3c(ccc12)CCCC3.O=C1Nc2c(ccc3c2CCCC3)C1=O.O=S(Cl)Cl.[Na+].[OH-]. The molecule has 5 N–H and O–H groups in total. The molecular weight excluding hydrogens is 1750 g/mol. The average molecular weight is 1830 g/mol. The summed E-state index contributed by atoms with van der Waals surface area (Å²) in [7, 11) is 7.36. The number of carbonyl (C=O) groups excluding carboxylic acids is 7. The maximum atomic E-state index is 12.0. The number of nitrogens with one attached hydrogen (secondary N) is 1. The first-order valence-electron chi connectivity index (χ1n) is 36.9. The van der Waals surface area contributed by atoms with Crippen LogP contribution < -0.4 is 34.9 Å². The fourth-order valence-electron chi connectivity index (χ4n) is 13.9. The molecule has 17 nitrogen and oxygen atoms in total. The van der Waals surface area contributed by atoms with Crippen LogP contribution in [0.2, 0.25) is 0 Å². The summed E-state index contributed by atoms with van der Waals surface area (Å²) < 4.78 is 21.0. The summed E-state index contributed by atoms with van der Waals surface area (Å²) in [6.45, 7) is 2.79. The number of pyridine rings is 1. The van der Waals surface area contributed by atoms with Crippen LogP contribution in [0.4, 0.5) is 5.69 Å². The molecule has 2 aliphatic carbocycles. The van der Waals surface area contributed by atoms with Gasteiger partial charge in [-0.3, -0.25) is 38.4 Å². The number of aromatic carboxylic acids is 1. The first-order valence-corrected chi connectivity index (χ1v) is 45.9. The Bertz CT molecular complexity index is 6020. The molecule has 0 saturated heterocycles. The number of ketones is 4. The van der Waals surface area contributed by atoms with Crippen molar-refractivity contribution in [2.45, 2.75) is 111 Å². The summed E-state index contributed by atoms with van der Waals surface area (Å²) in [5.41, 5.74) is 13.6. The zero-order valence-electron chi connectivity index (χ0n) is 64.5. The predicted molar refractivity (Wildman–Crippen MR) is 490 cm³/mol. The van der Waals surface area contributed by atoms with Crippen molar-refractivity contribution in [3.05, 3.63) is 275 Å². The number of hydrogen-bond acceptors (Lipinski definition) is 20. The number of nitrogens with zero attached hydrogens (tertiary/aromatic N) is 1. The first kappa shape index (κ1) is 96.7. The molecule has 0 bridgehead atoms. The molecule has 0 unspecified atom stereocenters. The number of carboxylic acid groups (broad SMARTS) is 2. The zero-order chi connectivity index (χ0) is 83.2. The van der Waals surface area contributed by atoms with Crippen molar-refractivity contribution >= 4 is 251 Å². The largest absolute Gasteiger partial charge is 1.00 e. The number of alkyl halides is 1. The van der Waals surface area contributed by atoms with Crippen LogP contribution in [-0.4, -0.2) is 94.7 Å². The number of aromatic hydroxyl groups is 1. The molecule has 1 amide bonds. The second-order valence-corrected chi connectivity index (χ2v) is 35.9. The maximum Gasteiger partial charge on any atom is 1.00 e. The fraction of sp³-hybridized carbons (Fsp3) is 0.209. The third-order valence-corrected chi connectivity index (χ3v) is 25.7. The zero-order valence-corrected chi connectivity index (χ0v) is 75.3. The van der Waals surface area contributed by atoms with Crippen LogP contribution in [0.5, 0.6) is 5.75 Å². The van der Waals surface area contributed by atoms with Crippen molar-refractivity contribution in [1.29, 1.82) is 0 Å². The van der Waals surface area contributed by atoms with E-state index in [0.717, 1.165) is 121 Å². The van der Waals surface area contributed by atoms with Gasteiger partial charge < -0.3 is 30.8 Å². The second-order valence-electron chi connectivity index (χ2n) is 27.2. The van der Waals surface area contributed by atoms with Crippen LogP contribution in [0.3, 0.4) is 0 Å². The van der Waals surface area contributed by atoms with Gasteiger partial charge in [0.2, 0.25) is 14.5 Å². The fourth-order valence-corrected chi connectivity index (χ4v) is 19.9. The number of aliphatic carboxylic acids is 1. The molecule has 8 aromatic carbocycles. The van der Waals surface area contributed by atoms with Gasteiger partial charge in [0.25, 0.3) is 11.7 Å². The monoisotopic (exact) mass is 1830 g/mol. The number of amides is 1. The van der Waals surface area contributed by atoms with E-state index in [1.807, 2.05) is 149 Å². The number of aryl methyl sites for hydroxylation is 3. The number of aromatic nitrogens is 1. The van der Waals surface area contributed by atoms with Gasteiger partial charge in [0.15, 0.2) is 17.3 Å². The van der Waals surface area contributed by atoms with Gasteiger partial charge in [-0.25, -0.2) is 14.0 Å². The first-order chi connectivity index (χ1) is 56.4. The van der Waals surface area contributed by atoms with Gasteiger partial charge in [-0.05, 0) is 233 Å². The average Bonchev–Trinajstić information content (AvgIpc) is 0.801. The number of benzene rings is 8. The molecule has 120 heavy (non-hydrogen) atoms. The number of esters is 1. The molecular formula is C91H81Cl4N2NaO15S7. The van der Waals surface area contributed by atoms with Crippen molar-refractivity contribution in [3.63, 3.8) is 0 Å². The molecule has 15 aromatic rings. The van der Waals surface area contributed by atoms with Crippen molar-refractivity contribution in [3.8, 4) is 5.75 Å². The van der Waals surface area contributed by atoms with E-state index in [9.17, 15) is 53.4 Å². The smallest absolute Gasteiger partial charge is 0.870 e. The maximum absolute atomic E-state index is 12.0. The van der Waals surface area contributed by atoms with E-state index in [1.165, 1.54) is 64.3 Å². The van der Waals surface area contributed by atoms with Gasteiger partial charge in [0.05, 0.1) is 34.8 Å². The van der Waals surface area contributed by atoms with Gasteiger partial charge in [-0.15, -0.1) is 79.6 Å². The molecule has 3 aliphatic rings. The Morgan fingerprint density at radius 3 is 1.27 bits per heavy atom. The molecule has 29 heteroatoms. The summed E-state index contributed by atoms with van der Waals surface area (Å²) in [5.74, 6) is -3.07. The number of hydrogen-bond donors (Lipinski definition) is 4. The molecule has 616 valence electrons. The second kappa shape index (κ2) is 47.0. The minimum absolute atomic E-state index is 0. The normalized spacial score (nSPS) is 11.9. The van der Waals surface area contributed by atoms with Crippen molar-refractivity contribution in [1.82, 2.24) is 4.98 Å². The third kappa shape index (κ3) is 25.9. The van der Waals surface area contributed by atoms with E-state index in [2.05, 4.69) is 72.5 Å². The van der Waals surface area contributed by atoms with Gasteiger partial charge in [0.1, 0.15) is 18.0 Å². The summed E-state index contributed by atoms with van der Waals surface area (Å²) >= 11 is 20.7. The number of thiophene rings is 6. The topological polar surface area (TPSA) is 296 Å². The quantitative estimate of drug-likeness (QED) is 0.0230. The van der Waals surface area contributed by atoms with Gasteiger partial charge in [-0.2, -0.15) is 0 Å². The molecule has 0 fully saturated rings. The molecule has 8 heterocycles. The minimum Gasteiger partial charge on any atom is -0.870 e. The molecule has 0 radical (unpaired) electrons.